The van der Waals surface area contributed by atoms with Crippen LogP contribution in [0.3, 0.4) is 0 Å². The van der Waals surface area contributed by atoms with E-state index in [0.717, 1.165) is 16.0 Å². The van der Waals surface area contributed by atoms with Gasteiger partial charge >= 0.3 is 0 Å². The first kappa shape index (κ1) is 12.8. The van der Waals surface area contributed by atoms with Crippen LogP contribution in [-0.4, -0.2) is 10.1 Å². The molecular formula is C14H12FN3OS. The molecular weight excluding hydrogens is 277 g/mol. The average Bonchev–Trinajstić information content (AvgIpc) is 2.96. The highest BCUT2D eigenvalue weighted by Crippen LogP contribution is 2.37. The maximum absolute atomic E-state index is 13.7. The van der Waals surface area contributed by atoms with Gasteiger partial charge in [-0.25, -0.2) is 4.39 Å². The maximum atomic E-state index is 13.7. The van der Waals surface area contributed by atoms with E-state index < -0.39 is 0 Å². The fraction of sp³-hybridized carbons (Fsp3) is 0.143. The second kappa shape index (κ2) is 4.72. The molecule has 0 aliphatic carbocycles. The third-order valence-electron chi connectivity index (χ3n) is 3.17. The van der Waals surface area contributed by atoms with Gasteiger partial charge < -0.3 is 10.3 Å². The molecule has 2 N–H and O–H groups in total. The summed E-state index contributed by atoms with van der Waals surface area (Å²) in [6, 6.07) is 6.31. The van der Waals surface area contributed by atoms with Crippen molar-refractivity contribution in [1.29, 1.82) is 0 Å². The van der Waals surface area contributed by atoms with Crippen LogP contribution in [0.4, 0.5) is 9.39 Å². The zero-order valence-corrected chi connectivity index (χ0v) is 11.8. The minimum absolute atomic E-state index is 0.223. The minimum Gasteiger partial charge on any atom is -0.390 e. The molecule has 0 saturated carbocycles. The topological polar surface area (TPSA) is 64.9 Å². The van der Waals surface area contributed by atoms with E-state index >= 15 is 0 Å². The molecule has 0 unspecified atom stereocenters. The second-order valence-electron chi connectivity index (χ2n) is 4.43. The number of aromatic nitrogens is 2. The Morgan fingerprint density at radius 1 is 1.25 bits per heavy atom. The first-order chi connectivity index (χ1) is 9.58. The molecule has 0 aliphatic heterocycles. The SMILES string of the molecule is Cc1sc(N)c(-c2nc(-c3ccccc3F)no2)c1C. The third-order valence-corrected chi connectivity index (χ3v) is 4.20. The quantitative estimate of drug-likeness (QED) is 0.779. The molecule has 0 amide bonds. The Balaban J connectivity index is 2.09. The van der Waals surface area contributed by atoms with E-state index in [4.69, 9.17) is 10.3 Å². The maximum Gasteiger partial charge on any atom is 0.261 e. The van der Waals surface area contributed by atoms with E-state index in [9.17, 15) is 4.39 Å². The van der Waals surface area contributed by atoms with Crippen LogP contribution in [-0.2, 0) is 0 Å². The first-order valence-electron chi connectivity index (χ1n) is 6.02. The van der Waals surface area contributed by atoms with Gasteiger partial charge in [0.15, 0.2) is 0 Å². The van der Waals surface area contributed by atoms with Crippen molar-refractivity contribution in [3.63, 3.8) is 0 Å². The van der Waals surface area contributed by atoms with Crippen molar-refractivity contribution in [2.75, 3.05) is 5.73 Å². The van der Waals surface area contributed by atoms with Crippen molar-refractivity contribution in [2.24, 2.45) is 0 Å². The fourth-order valence-electron chi connectivity index (χ4n) is 2.00. The van der Waals surface area contributed by atoms with Crippen molar-refractivity contribution in [3.8, 4) is 22.8 Å². The lowest BCUT2D eigenvalue weighted by atomic mass is 10.1. The standard InChI is InChI=1S/C14H12FN3OS/c1-7-8(2)20-12(16)11(7)14-17-13(18-19-14)9-5-3-4-6-10(9)15/h3-6H,16H2,1-2H3. The molecule has 0 fully saturated rings. The van der Waals surface area contributed by atoms with Crippen molar-refractivity contribution in [1.82, 2.24) is 10.1 Å². The van der Waals surface area contributed by atoms with E-state index in [1.807, 2.05) is 13.8 Å². The van der Waals surface area contributed by atoms with Gasteiger partial charge in [0, 0.05) is 4.88 Å². The van der Waals surface area contributed by atoms with E-state index in [2.05, 4.69) is 10.1 Å². The Bertz CT molecular complexity index is 779. The van der Waals surface area contributed by atoms with Crippen LogP contribution in [0.1, 0.15) is 10.4 Å². The van der Waals surface area contributed by atoms with Crippen LogP contribution in [0.2, 0.25) is 0 Å². The number of halogens is 1. The summed E-state index contributed by atoms with van der Waals surface area (Å²) in [6.45, 7) is 3.93. The van der Waals surface area contributed by atoms with Gasteiger partial charge in [-0.15, -0.1) is 11.3 Å². The Morgan fingerprint density at radius 2 is 2.00 bits per heavy atom. The number of hydrogen-bond acceptors (Lipinski definition) is 5. The van der Waals surface area contributed by atoms with Crippen LogP contribution in [0, 0.1) is 19.7 Å². The summed E-state index contributed by atoms with van der Waals surface area (Å²) >= 11 is 1.47. The van der Waals surface area contributed by atoms with Crippen molar-refractivity contribution in [2.45, 2.75) is 13.8 Å². The average molecular weight is 289 g/mol. The second-order valence-corrected chi connectivity index (χ2v) is 5.68. The third kappa shape index (κ3) is 1.98. The van der Waals surface area contributed by atoms with Gasteiger partial charge in [-0.05, 0) is 31.5 Å². The number of rotatable bonds is 2. The molecule has 0 radical (unpaired) electrons. The molecule has 3 rings (SSSR count). The smallest absolute Gasteiger partial charge is 0.261 e. The van der Waals surface area contributed by atoms with Gasteiger partial charge in [-0.2, -0.15) is 4.98 Å². The summed E-state index contributed by atoms with van der Waals surface area (Å²) in [5.41, 5.74) is 8.03. The van der Waals surface area contributed by atoms with Gasteiger partial charge in [0.25, 0.3) is 5.89 Å². The number of hydrogen-bond donors (Lipinski definition) is 1. The summed E-state index contributed by atoms with van der Waals surface area (Å²) in [6.07, 6.45) is 0. The Morgan fingerprint density at radius 3 is 2.65 bits per heavy atom. The lowest BCUT2D eigenvalue weighted by Gasteiger charge is -1.96. The van der Waals surface area contributed by atoms with Gasteiger partial charge in [-0.1, -0.05) is 17.3 Å². The summed E-state index contributed by atoms with van der Waals surface area (Å²) in [4.78, 5) is 5.36. The molecule has 1 aromatic carbocycles. The Kier molecular flexibility index (Phi) is 3.02. The molecule has 2 aromatic heterocycles. The lowest BCUT2D eigenvalue weighted by molar-refractivity contribution is 0.432. The first-order valence-corrected chi connectivity index (χ1v) is 6.84. The molecule has 0 saturated heterocycles. The van der Waals surface area contributed by atoms with E-state index in [-0.39, 0.29) is 11.6 Å². The zero-order valence-electron chi connectivity index (χ0n) is 11.0. The zero-order chi connectivity index (χ0) is 14.3. The van der Waals surface area contributed by atoms with Crippen LogP contribution >= 0.6 is 11.3 Å². The Labute approximate surface area is 119 Å². The van der Waals surface area contributed by atoms with Crippen molar-refractivity contribution >= 4 is 16.3 Å². The molecule has 0 spiro atoms. The summed E-state index contributed by atoms with van der Waals surface area (Å²) < 4.78 is 18.9. The summed E-state index contributed by atoms with van der Waals surface area (Å²) in [5.74, 6) is 0.161. The van der Waals surface area contributed by atoms with Gasteiger partial charge in [0.2, 0.25) is 5.82 Å². The van der Waals surface area contributed by atoms with E-state index in [1.165, 1.54) is 17.4 Å². The highest BCUT2D eigenvalue weighted by molar-refractivity contribution is 7.16. The minimum atomic E-state index is -0.383. The van der Waals surface area contributed by atoms with Gasteiger partial charge in [-0.3, -0.25) is 0 Å². The highest BCUT2D eigenvalue weighted by atomic mass is 32.1. The summed E-state index contributed by atoms with van der Waals surface area (Å²) in [7, 11) is 0. The number of nitrogens with zero attached hydrogens (tertiary/aromatic N) is 2. The Hall–Kier alpha value is -2.21. The number of anilines is 1. The largest absolute Gasteiger partial charge is 0.390 e. The fourth-order valence-corrected chi connectivity index (χ4v) is 2.92. The van der Waals surface area contributed by atoms with Crippen molar-refractivity contribution < 1.29 is 8.91 Å². The van der Waals surface area contributed by atoms with Crippen LogP contribution in [0.25, 0.3) is 22.8 Å². The molecule has 4 nitrogen and oxygen atoms in total. The monoisotopic (exact) mass is 289 g/mol. The van der Waals surface area contributed by atoms with Gasteiger partial charge in [0.1, 0.15) is 5.82 Å². The molecule has 6 heteroatoms. The van der Waals surface area contributed by atoms with E-state index in [1.54, 1.807) is 18.2 Å². The highest BCUT2D eigenvalue weighted by Gasteiger charge is 2.19. The molecule has 102 valence electrons. The number of benzene rings is 1. The number of aryl methyl sites for hydroxylation is 1. The number of thiophene rings is 1. The molecule has 0 bridgehead atoms. The predicted octanol–water partition coefficient (Wildman–Crippen LogP) is 3.80. The van der Waals surface area contributed by atoms with Crippen molar-refractivity contribution in [3.05, 3.63) is 40.5 Å². The molecule has 3 aromatic rings. The van der Waals surface area contributed by atoms with E-state index in [0.29, 0.717) is 16.5 Å². The predicted molar refractivity (Wildman–Crippen MR) is 76.9 cm³/mol. The van der Waals surface area contributed by atoms with Crippen LogP contribution in [0.15, 0.2) is 28.8 Å². The summed E-state index contributed by atoms with van der Waals surface area (Å²) in [5, 5.41) is 4.47. The van der Waals surface area contributed by atoms with Crippen LogP contribution < -0.4 is 5.73 Å². The molecule has 20 heavy (non-hydrogen) atoms. The molecule has 0 aliphatic rings. The number of nitrogen functional groups attached to an aromatic ring is 1. The lowest BCUT2D eigenvalue weighted by Crippen LogP contribution is -1.88. The number of nitrogens with two attached hydrogens (primary N) is 1. The van der Waals surface area contributed by atoms with Gasteiger partial charge in [0.05, 0.1) is 16.1 Å². The molecule has 2 heterocycles. The normalized spacial score (nSPS) is 10.9. The van der Waals surface area contributed by atoms with Crippen LogP contribution in [0.5, 0.6) is 0 Å². The molecule has 0 atom stereocenters.